The van der Waals surface area contributed by atoms with Crippen molar-refractivity contribution in [1.82, 2.24) is 34.9 Å². The number of hydrogen-bond acceptors (Lipinski definition) is 7. The molecule has 8 aromatic carbocycles. The van der Waals surface area contributed by atoms with Crippen LogP contribution in [0.25, 0.3) is 133 Å². The second-order valence-corrected chi connectivity index (χ2v) is 33.6. The van der Waals surface area contributed by atoms with E-state index in [-0.39, 0.29) is 0 Å². The number of aromatic nitrogens is 11. The summed E-state index contributed by atoms with van der Waals surface area (Å²) in [6.45, 7) is 36.9. The molecule has 0 spiro atoms. The standard InChI is InChI=1S/C29H31N2.C27H30N3.C26H28N3.C24H24N3/c1-19-16-20(2)21(3)27(17-19)29-26-11-7-10-24(25(26)14-15-31(29)4)23-12-13-28(30-18-23)22-8-5-6-9-22;1-17(2)12-26-28-15-21(16-29-26)22-8-7-9-24-23(22)10-11-30(6)27(24)25-14-18(3)13-19(4)20(25)5;1-16(2)26-27-14-20(15-28-26)21-8-7-9-23-22(21)10-11-29(6)25(23)24-13-17(3)12-18(4)19(24)5;1-15-11-16(2)17(3)23(12-15)24-22-8-6-7-20(21(22)9-10-27(24)5)19-13-25-18(4)26-14-19/h7,10-18,22H,5-6,8-9H2,1-4H3;7-11,13-17H,12H2,1-6H3;7-16H,1-6H3;6-14H,1-5H3/q4*+1. The predicted molar refractivity (Wildman–Crippen MR) is 484 cm³/mol. The Balaban J connectivity index is 0.000000129. The third kappa shape index (κ3) is 17.1. The van der Waals surface area contributed by atoms with Crippen LogP contribution in [-0.2, 0) is 34.6 Å². The van der Waals surface area contributed by atoms with E-state index in [1.54, 1.807) is 0 Å². The molecular weight excluding hydrogens is 1430 g/mol. The maximum Gasteiger partial charge on any atom is 0.220 e. The molecule has 0 radical (unpaired) electrons. The Morgan fingerprint density at radius 3 is 0.906 bits per heavy atom. The van der Waals surface area contributed by atoms with Gasteiger partial charge in [0.2, 0.25) is 22.8 Å². The highest BCUT2D eigenvalue weighted by Crippen LogP contribution is 2.42. The van der Waals surface area contributed by atoms with Crippen molar-refractivity contribution in [2.75, 3.05) is 0 Å². The van der Waals surface area contributed by atoms with Gasteiger partial charge in [-0.1, -0.05) is 142 Å². The third-order valence-corrected chi connectivity index (χ3v) is 24.1. The molecule has 16 aromatic rings. The molecule has 0 atom stereocenters. The molecule has 1 fully saturated rings. The summed E-state index contributed by atoms with van der Waals surface area (Å²) in [4.78, 5) is 32.0. The monoisotopic (exact) mass is 1540 g/mol. The molecule has 11 heteroatoms. The van der Waals surface area contributed by atoms with Crippen LogP contribution in [0.5, 0.6) is 0 Å². The topological polar surface area (TPSA) is 106 Å². The number of pyridine rings is 5. The SMILES string of the molecule is Cc1cc(C)c(C)c(-c2c3cccc(-c4ccc(C5CCCC5)nc4)c3cc[n+]2C)c1.Cc1cc(C)c(C)c(-c2c3cccc(-c4cnc(C(C)C)nc4)c3cc[n+]2C)c1.Cc1cc(C)c(C)c(-c2c3cccc(-c4cnc(C)nc4)c3cc[n+]2C)c1.Cc1cc(C)c(C)c(-c2c3cccc(-c4cnc(CC(C)C)nc4)c3cc[n+]2C)c1. The maximum absolute atomic E-state index is 4.87. The minimum absolute atomic E-state index is 0.328. The lowest BCUT2D eigenvalue weighted by Gasteiger charge is -2.14. The van der Waals surface area contributed by atoms with Crippen molar-refractivity contribution < 1.29 is 18.3 Å². The number of fused-ring (bicyclic) bond motifs is 4. The van der Waals surface area contributed by atoms with E-state index in [1.807, 2.05) is 44.1 Å². The Morgan fingerprint density at radius 1 is 0.308 bits per heavy atom. The van der Waals surface area contributed by atoms with Gasteiger partial charge in [-0.05, 0) is 230 Å². The van der Waals surface area contributed by atoms with Gasteiger partial charge >= 0.3 is 0 Å². The first-order chi connectivity index (χ1) is 56.2. The fourth-order valence-corrected chi connectivity index (χ4v) is 17.4. The molecule has 0 saturated heterocycles. The average molecular weight is 1540 g/mol. The Bertz CT molecular complexity index is 6410. The van der Waals surface area contributed by atoms with Gasteiger partial charge in [0.25, 0.3) is 0 Å². The highest BCUT2D eigenvalue weighted by Gasteiger charge is 2.27. The Kier molecular flexibility index (Phi) is 24.1. The fraction of sp³-hybridized carbons (Fsp3) is 0.274. The Labute approximate surface area is 693 Å². The van der Waals surface area contributed by atoms with Gasteiger partial charge in [-0.3, -0.25) is 4.98 Å². The summed E-state index contributed by atoms with van der Waals surface area (Å²) in [5, 5.41) is 9.97. The number of benzene rings is 8. The van der Waals surface area contributed by atoms with E-state index in [9.17, 15) is 0 Å². The Hall–Kier alpha value is -12.2. The molecule has 8 heterocycles. The molecule has 1 aliphatic rings. The number of rotatable bonds is 12. The van der Waals surface area contributed by atoms with Crippen LogP contribution in [0.1, 0.15) is 155 Å². The maximum atomic E-state index is 4.87. The molecule has 11 nitrogen and oxygen atoms in total. The molecule has 17 rings (SSSR count). The first-order valence-electron chi connectivity index (χ1n) is 41.6. The van der Waals surface area contributed by atoms with Crippen LogP contribution in [-0.4, -0.2) is 34.9 Å². The summed E-state index contributed by atoms with van der Waals surface area (Å²) < 4.78 is 8.94. The lowest BCUT2D eigenvalue weighted by Crippen LogP contribution is -2.31. The Morgan fingerprint density at radius 2 is 0.607 bits per heavy atom. The first kappa shape index (κ1) is 81.4. The summed E-state index contributed by atoms with van der Waals surface area (Å²) >= 11 is 0. The third-order valence-electron chi connectivity index (χ3n) is 24.1. The van der Waals surface area contributed by atoms with Crippen LogP contribution in [0.15, 0.2) is 226 Å². The fourth-order valence-electron chi connectivity index (χ4n) is 17.4. The molecule has 117 heavy (non-hydrogen) atoms. The quantitative estimate of drug-likeness (QED) is 0.112. The lowest BCUT2D eigenvalue weighted by atomic mass is 9.92. The van der Waals surface area contributed by atoms with Crippen LogP contribution < -0.4 is 18.3 Å². The van der Waals surface area contributed by atoms with Gasteiger partial charge in [-0.25, -0.2) is 48.2 Å². The zero-order chi connectivity index (χ0) is 82.8. The van der Waals surface area contributed by atoms with E-state index < -0.39 is 0 Å². The molecule has 1 aliphatic carbocycles. The van der Waals surface area contributed by atoms with Crippen molar-refractivity contribution in [2.45, 2.75) is 162 Å². The van der Waals surface area contributed by atoms with Crippen LogP contribution >= 0.6 is 0 Å². The highest BCUT2D eigenvalue weighted by molar-refractivity contribution is 6.06. The number of nitrogens with zero attached hydrogens (tertiary/aromatic N) is 11. The lowest BCUT2D eigenvalue weighted by molar-refractivity contribution is -0.659. The number of aryl methyl sites for hydroxylation is 13. The van der Waals surface area contributed by atoms with Crippen LogP contribution in [0.4, 0.5) is 0 Å². The van der Waals surface area contributed by atoms with Gasteiger partial charge in [-0.2, -0.15) is 0 Å². The van der Waals surface area contributed by atoms with Gasteiger partial charge < -0.3 is 0 Å². The van der Waals surface area contributed by atoms with E-state index in [4.69, 9.17) is 4.98 Å². The van der Waals surface area contributed by atoms with Gasteiger partial charge in [0.1, 0.15) is 45.7 Å². The van der Waals surface area contributed by atoms with Crippen molar-refractivity contribution in [1.29, 1.82) is 0 Å². The summed E-state index contributed by atoms with van der Waals surface area (Å²) in [5.41, 5.74) is 36.4. The largest absolute Gasteiger partial charge is 0.260 e. The predicted octanol–water partition coefficient (Wildman–Crippen LogP) is 23.7. The first-order valence-corrected chi connectivity index (χ1v) is 41.6. The minimum Gasteiger partial charge on any atom is -0.260 e. The average Bonchev–Trinajstić information content (AvgIpc) is 1.05. The number of hydrogen-bond donors (Lipinski definition) is 0. The van der Waals surface area contributed by atoms with Crippen LogP contribution in [0.2, 0.25) is 0 Å². The minimum atomic E-state index is 0.328. The van der Waals surface area contributed by atoms with E-state index >= 15 is 0 Å². The van der Waals surface area contributed by atoms with Gasteiger partial charge in [0.15, 0.2) is 24.8 Å². The molecule has 0 amide bonds. The van der Waals surface area contributed by atoms with E-state index in [0.29, 0.717) is 17.8 Å². The summed E-state index contributed by atoms with van der Waals surface area (Å²) in [6, 6.07) is 57.8. The molecule has 588 valence electrons. The van der Waals surface area contributed by atoms with Crippen molar-refractivity contribution in [3.05, 3.63) is 316 Å². The van der Waals surface area contributed by atoms with Crippen molar-refractivity contribution in [3.63, 3.8) is 0 Å². The van der Waals surface area contributed by atoms with Crippen LogP contribution in [0.3, 0.4) is 0 Å². The summed E-state index contributed by atoms with van der Waals surface area (Å²) in [6.07, 6.45) is 28.5. The van der Waals surface area contributed by atoms with E-state index in [1.165, 1.54) is 209 Å². The van der Waals surface area contributed by atoms with Gasteiger partial charge in [0, 0.05) is 135 Å². The van der Waals surface area contributed by atoms with E-state index in [0.717, 1.165) is 46.1 Å². The van der Waals surface area contributed by atoms with E-state index in [2.05, 4.69) is 376 Å². The zero-order valence-corrected chi connectivity index (χ0v) is 72.5. The van der Waals surface area contributed by atoms with Gasteiger partial charge in [0.05, 0.1) is 43.8 Å². The van der Waals surface area contributed by atoms with Crippen LogP contribution in [0, 0.1) is 95.9 Å². The van der Waals surface area contributed by atoms with Gasteiger partial charge in [-0.15, -0.1) is 0 Å². The van der Waals surface area contributed by atoms with Crippen molar-refractivity contribution >= 4 is 43.1 Å². The summed E-state index contributed by atoms with van der Waals surface area (Å²) in [7, 11) is 8.52. The molecule has 8 aromatic heterocycles. The summed E-state index contributed by atoms with van der Waals surface area (Å²) in [5.74, 6) is 4.11. The molecule has 1 saturated carbocycles. The highest BCUT2D eigenvalue weighted by atomic mass is 14.9. The smallest absolute Gasteiger partial charge is 0.220 e. The van der Waals surface area contributed by atoms with Crippen molar-refractivity contribution in [2.24, 2.45) is 34.1 Å². The molecule has 0 unspecified atom stereocenters. The normalized spacial score (nSPS) is 12.2. The molecule has 0 N–H and O–H groups in total. The molecule has 0 aliphatic heterocycles. The zero-order valence-electron chi connectivity index (χ0n) is 72.5. The van der Waals surface area contributed by atoms with Crippen molar-refractivity contribution in [3.8, 4) is 89.5 Å². The molecular formula is C106H113N11+4. The second-order valence-electron chi connectivity index (χ2n) is 33.6. The molecule has 0 bridgehead atoms. The second kappa shape index (κ2) is 34.7.